The molecule has 0 aliphatic heterocycles. The van der Waals surface area contributed by atoms with Crippen LogP contribution in [0.15, 0.2) is 29.2 Å². The highest BCUT2D eigenvalue weighted by atomic mass is 32.2. The molecule has 0 spiro atoms. The highest BCUT2D eigenvalue weighted by molar-refractivity contribution is 7.99. The summed E-state index contributed by atoms with van der Waals surface area (Å²) in [5, 5.41) is 3.33. The van der Waals surface area contributed by atoms with E-state index in [-0.39, 0.29) is 0 Å². The van der Waals surface area contributed by atoms with Crippen LogP contribution in [0.3, 0.4) is 0 Å². The van der Waals surface area contributed by atoms with Gasteiger partial charge in [-0.25, -0.2) is 0 Å². The fourth-order valence-electron chi connectivity index (χ4n) is 1.51. The fourth-order valence-corrected chi connectivity index (χ4v) is 2.28. The number of rotatable bonds is 9. The van der Waals surface area contributed by atoms with Crippen molar-refractivity contribution in [3.8, 4) is 0 Å². The Balaban J connectivity index is 2.18. The Morgan fingerprint density at radius 3 is 2.56 bits per heavy atom. The number of nitrogens with one attached hydrogen (secondary N) is 1. The van der Waals surface area contributed by atoms with E-state index in [0.29, 0.717) is 5.92 Å². The molecule has 0 saturated carbocycles. The number of hydrogen-bond donors (Lipinski definition) is 1. The minimum absolute atomic E-state index is 0.625. The first-order chi connectivity index (χ1) is 8.72. The van der Waals surface area contributed by atoms with Crippen molar-refractivity contribution < 1.29 is 4.74 Å². The molecular formula is C15H25NOS. The van der Waals surface area contributed by atoms with Crippen molar-refractivity contribution in [1.82, 2.24) is 5.32 Å². The third-order valence-electron chi connectivity index (χ3n) is 2.45. The molecule has 0 amide bonds. The Bertz CT molecular complexity index is 311. The zero-order valence-corrected chi connectivity index (χ0v) is 12.6. The van der Waals surface area contributed by atoms with Crippen molar-refractivity contribution in [3.63, 3.8) is 0 Å². The SMILES string of the molecule is CCNCc1ccc(SCCOCC(C)C)cc1. The average molecular weight is 267 g/mol. The van der Waals surface area contributed by atoms with E-state index >= 15 is 0 Å². The maximum Gasteiger partial charge on any atom is 0.0560 e. The van der Waals surface area contributed by atoms with Crippen LogP contribution in [0.4, 0.5) is 0 Å². The lowest BCUT2D eigenvalue weighted by Crippen LogP contribution is -2.11. The molecule has 3 heteroatoms. The van der Waals surface area contributed by atoms with Crippen LogP contribution in [-0.4, -0.2) is 25.5 Å². The van der Waals surface area contributed by atoms with Gasteiger partial charge in [0.15, 0.2) is 0 Å². The van der Waals surface area contributed by atoms with E-state index in [1.165, 1.54) is 10.5 Å². The van der Waals surface area contributed by atoms with Gasteiger partial charge in [0.05, 0.1) is 6.61 Å². The molecule has 0 bridgehead atoms. The van der Waals surface area contributed by atoms with Gasteiger partial charge >= 0.3 is 0 Å². The molecule has 1 rings (SSSR count). The summed E-state index contributed by atoms with van der Waals surface area (Å²) < 4.78 is 5.56. The summed E-state index contributed by atoms with van der Waals surface area (Å²) in [4.78, 5) is 1.32. The van der Waals surface area contributed by atoms with E-state index in [1.807, 2.05) is 11.8 Å². The van der Waals surface area contributed by atoms with Crippen molar-refractivity contribution in [2.24, 2.45) is 5.92 Å². The van der Waals surface area contributed by atoms with Crippen molar-refractivity contribution in [3.05, 3.63) is 29.8 Å². The molecule has 102 valence electrons. The quantitative estimate of drug-likeness (QED) is 0.546. The van der Waals surface area contributed by atoms with Gasteiger partial charge in [-0.05, 0) is 30.2 Å². The molecule has 0 atom stereocenters. The fraction of sp³-hybridized carbons (Fsp3) is 0.600. The highest BCUT2D eigenvalue weighted by Gasteiger charge is 1.97. The van der Waals surface area contributed by atoms with Gasteiger partial charge in [-0.15, -0.1) is 11.8 Å². The van der Waals surface area contributed by atoms with E-state index in [9.17, 15) is 0 Å². The van der Waals surface area contributed by atoms with Crippen LogP contribution in [-0.2, 0) is 11.3 Å². The first kappa shape index (κ1) is 15.5. The predicted molar refractivity (Wildman–Crippen MR) is 80.2 cm³/mol. The second-order valence-corrected chi connectivity index (χ2v) is 5.91. The third-order valence-corrected chi connectivity index (χ3v) is 3.43. The summed E-state index contributed by atoms with van der Waals surface area (Å²) in [5.74, 6) is 1.65. The van der Waals surface area contributed by atoms with Gasteiger partial charge in [-0.2, -0.15) is 0 Å². The maximum absolute atomic E-state index is 5.56. The molecule has 2 nitrogen and oxygen atoms in total. The molecule has 0 saturated heterocycles. The Hall–Kier alpha value is -0.510. The molecule has 0 heterocycles. The summed E-state index contributed by atoms with van der Waals surface area (Å²) in [5.41, 5.74) is 1.34. The van der Waals surface area contributed by atoms with Gasteiger partial charge in [-0.3, -0.25) is 0 Å². The molecule has 0 fully saturated rings. The minimum Gasteiger partial charge on any atom is -0.380 e. The second-order valence-electron chi connectivity index (χ2n) is 4.74. The Kier molecular flexibility index (Phi) is 8.14. The summed E-state index contributed by atoms with van der Waals surface area (Å²) in [6.07, 6.45) is 0. The Labute approximate surface area is 116 Å². The van der Waals surface area contributed by atoms with Crippen molar-refractivity contribution in [1.29, 1.82) is 0 Å². The molecule has 0 aliphatic carbocycles. The van der Waals surface area contributed by atoms with E-state index in [1.54, 1.807) is 0 Å². The highest BCUT2D eigenvalue weighted by Crippen LogP contribution is 2.18. The smallest absolute Gasteiger partial charge is 0.0560 e. The lowest BCUT2D eigenvalue weighted by molar-refractivity contribution is 0.124. The predicted octanol–water partition coefficient (Wildman–Crippen LogP) is 3.56. The van der Waals surface area contributed by atoms with E-state index in [4.69, 9.17) is 4.74 Å². The summed E-state index contributed by atoms with van der Waals surface area (Å²) in [6, 6.07) is 8.78. The molecule has 1 aromatic carbocycles. The van der Waals surface area contributed by atoms with Crippen LogP contribution < -0.4 is 5.32 Å². The number of thioether (sulfide) groups is 1. The molecular weight excluding hydrogens is 242 g/mol. The van der Waals surface area contributed by atoms with Gasteiger partial charge in [0.25, 0.3) is 0 Å². The summed E-state index contributed by atoms with van der Waals surface area (Å²) in [7, 11) is 0. The van der Waals surface area contributed by atoms with Crippen LogP contribution >= 0.6 is 11.8 Å². The van der Waals surface area contributed by atoms with Crippen LogP contribution in [0, 0.1) is 5.92 Å². The van der Waals surface area contributed by atoms with Gasteiger partial charge in [0.2, 0.25) is 0 Å². The van der Waals surface area contributed by atoms with Crippen molar-refractivity contribution in [2.75, 3.05) is 25.5 Å². The zero-order valence-electron chi connectivity index (χ0n) is 11.7. The monoisotopic (exact) mass is 267 g/mol. The third kappa shape index (κ3) is 7.04. The normalized spacial score (nSPS) is 11.1. The van der Waals surface area contributed by atoms with Gasteiger partial charge < -0.3 is 10.1 Å². The lowest BCUT2D eigenvalue weighted by Gasteiger charge is -2.07. The Morgan fingerprint density at radius 2 is 1.94 bits per heavy atom. The number of benzene rings is 1. The lowest BCUT2D eigenvalue weighted by atomic mass is 10.2. The van der Waals surface area contributed by atoms with Gasteiger partial charge in [-0.1, -0.05) is 32.9 Å². The van der Waals surface area contributed by atoms with Gasteiger partial charge in [0.1, 0.15) is 0 Å². The minimum atomic E-state index is 0.625. The van der Waals surface area contributed by atoms with Gasteiger partial charge in [0, 0.05) is 23.8 Å². The standard InChI is InChI=1S/C15H25NOS/c1-4-16-11-14-5-7-15(8-6-14)18-10-9-17-12-13(2)3/h5-8,13,16H,4,9-12H2,1-3H3. The number of ether oxygens (including phenoxy) is 1. The van der Waals surface area contributed by atoms with E-state index < -0.39 is 0 Å². The second kappa shape index (κ2) is 9.42. The molecule has 0 aliphatic rings. The Morgan fingerprint density at radius 1 is 1.22 bits per heavy atom. The number of hydrogen-bond acceptors (Lipinski definition) is 3. The molecule has 18 heavy (non-hydrogen) atoms. The van der Waals surface area contributed by atoms with Crippen LogP contribution in [0.25, 0.3) is 0 Å². The molecule has 0 unspecified atom stereocenters. The first-order valence-corrected chi connectivity index (χ1v) is 7.71. The molecule has 1 aromatic rings. The summed E-state index contributed by atoms with van der Waals surface area (Å²) in [6.45, 7) is 10.2. The van der Waals surface area contributed by atoms with Crippen LogP contribution in [0.1, 0.15) is 26.3 Å². The molecule has 0 aromatic heterocycles. The largest absolute Gasteiger partial charge is 0.380 e. The van der Waals surface area contributed by atoms with Crippen LogP contribution in [0.5, 0.6) is 0 Å². The van der Waals surface area contributed by atoms with Crippen molar-refractivity contribution >= 4 is 11.8 Å². The van der Waals surface area contributed by atoms with Crippen LogP contribution in [0.2, 0.25) is 0 Å². The van der Waals surface area contributed by atoms with Crippen molar-refractivity contribution in [2.45, 2.75) is 32.2 Å². The maximum atomic E-state index is 5.56. The topological polar surface area (TPSA) is 21.3 Å². The van der Waals surface area contributed by atoms with E-state index in [2.05, 4.69) is 50.4 Å². The average Bonchev–Trinajstić information content (AvgIpc) is 2.37. The molecule has 1 N–H and O–H groups in total. The molecule has 0 radical (unpaired) electrons. The first-order valence-electron chi connectivity index (χ1n) is 6.72. The van der Waals surface area contributed by atoms with E-state index in [0.717, 1.165) is 32.1 Å². The zero-order chi connectivity index (χ0) is 13.2. The summed E-state index contributed by atoms with van der Waals surface area (Å²) >= 11 is 1.86.